The van der Waals surface area contributed by atoms with E-state index in [-0.39, 0.29) is 12.1 Å². The van der Waals surface area contributed by atoms with Crippen LogP contribution in [0.3, 0.4) is 0 Å². The first-order valence-corrected chi connectivity index (χ1v) is 8.95. The van der Waals surface area contributed by atoms with E-state index in [0.29, 0.717) is 6.04 Å². The molecule has 0 radical (unpaired) electrons. The lowest BCUT2D eigenvalue weighted by Crippen LogP contribution is -2.49. The number of anilines is 1. The van der Waals surface area contributed by atoms with Gasteiger partial charge in [0.1, 0.15) is 0 Å². The lowest BCUT2D eigenvalue weighted by molar-refractivity contribution is 0.145. The molecule has 0 aliphatic carbocycles. The highest BCUT2D eigenvalue weighted by Gasteiger charge is 2.31. The number of carbonyl (C=O) groups is 1. The second kappa shape index (κ2) is 6.91. The number of rotatable bonds is 3. The van der Waals surface area contributed by atoms with Gasteiger partial charge in [-0.25, -0.2) is 4.79 Å². The van der Waals surface area contributed by atoms with Gasteiger partial charge in [-0.2, -0.15) is 0 Å². The number of likely N-dealkylation sites (tertiary alicyclic amines) is 1. The number of fused-ring (bicyclic) bond motifs is 1. The molecule has 1 N–H and O–H groups in total. The van der Waals surface area contributed by atoms with E-state index in [1.54, 1.807) is 0 Å². The van der Waals surface area contributed by atoms with Crippen LogP contribution >= 0.6 is 0 Å². The van der Waals surface area contributed by atoms with Gasteiger partial charge in [-0.3, -0.25) is 9.80 Å². The maximum atomic E-state index is 12.7. The first kappa shape index (κ1) is 16.3. The molecule has 2 atom stereocenters. The Bertz CT molecular complexity index is 551. The molecule has 2 aliphatic rings. The largest absolute Gasteiger partial charge is 0.336 e. The summed E-state index contributed by atoms with van der Waals surface area (Å²) in [7, 11) is 0. The molecule has 2 amide bonds. The second-order valence-corrected chi connectivity index (χ2v) is 7.31. The summed E-state index contributed by atoms with van der Waals surface area (Å²) in [6, 6.07) is 8.91. The molecule has 2 heterocycles. The zero-order valence-electron chi connectivity index (χ0n) is 14.6. The van der Waals surface area contributed by atoms with Crippen molar-refractivity contribution in [1.82, 2.24) is 10.2 Å². The van der Waals surface area contributed by atoms with Crippen molar-refractivity contribution in [3.8, 4) is 0 Å². The van der Waals surface area contributed by atoms with Gasteiger partial charge in [0, 0.05) is 24.3 Å². The second-order valence-electron chi connectivity index (χ2n) is 7.31. The molecule has 1 fully saturated rings. The summed E-state index contributed by atoms with van der Waals surface area (Å²) in [5.41, 5.74) is 2.34. The number of carbonyl (C=O) groups excluding carboxylic acids is 1. The SMILES string of the molecule is CC1CCN(C(C)CNC(=O)N2c3ccccc3CC2C)CC1. The molecule has 1 aromatic carbocycles. The van der Waals surface area contributed by atoms with Gasteiger partial charge in [-0.15, -0.1) is 0 Å². The molecule has 1 saturated heterocycles. The molecule has 0 saturated carbocycles. The maximum absolute atomic E-state index is 12.7. The van der Waals surface area contributed by atoms with Crippen LogP contribution in [-0.4, -0.2) is 42.6 Å². The molecule has 23 heavy (non-hydrogen) atoms. The van der Waals surface area contributed by atoms with E-state index < -0.39 is 0 Å². The van der Waals surface area contributed by atoms with Crippen LogP contribution in [0.4, 0.5) is 10.5 Å². The molecule has 0 bridgehead atoms. The predicted octanol–water partition coefficient (Wildman–Crippen LogP) is 3.27. The third-order valence-corrected chi connectivity index (χ3v) is 5.42. The van der Waals surface area contributed by atoms with Crippen molar-refractivity contribution in [2.45, 2.75) is 52.1 Å². The van der Waals surface area contributed by atoms with Crippen molar-refractivity contribution >= 4 is 11.7 Å². The summed E-state index contributed by atoms with van der Waals surface area (Å²) in [4.78, 5) is 17.1. The number of piperidine rings is 1. The number of nitrogens with one attached hydrogen (secondary N) is 1. The van der Waals surface area contributed by atoms with Crippen molar-refractivity contribution in [2.24, 2.45) is 5.92 Å². The van der Waals surface area contributed by atoms with E-state index in [9.17, 15) is 4.79 Å². The lowest BCUT2D eigenvalue weighted by Gasteiger charge is -2.35. The Hall–Kier alpha value is -1.55. The van der Waals surface area contributed by atoms with Crippen LogP contribution in [0, 0.1) is 5.92 Å². The molecule has 126 valence electrons. The molecule has 2 aliphatic heterocycles. The van der Waals surface area contributed by atoms with Gasteiger partial charge in [0.15, 0.2) is 0 Å². The van der Waals surface area contributed by atoms with E-state index in [1.807, 2.05) is 23.1 Å². The van der Waals surface area contributed by atoms with Crippen molar-refractivity contribution in [2.75, 3.05) is 24.5 Å². The van der Waals surface area contributed by atoms with Crippen molar-refractivity contribution in [1.29, 1.82) is 0 Å². The van der Waals surface area contributed by atoms with E-state index in [1.165, 1.54) is 18.4 Å². The van der Waals surface area contributed by atoms with E-state index >= 15 is 0 Å². The summed E-state index contributed by atoms with van der Waals surface area (Å²) in [5, 5.41) is 3.15. The fourth-order valence-electron chi connectivity index (χ4n) is 3.79. The number of amides is 2. The van der Waals surface area contributed by atoms with Gasteiger partial charge in [0.2, 0.25) is 0 Å². The number of nitrogens with zero attached hydrogens (tertiary/aromatic N) is 2. The predicted molar refractivity (Wildman–Crippen MR) is 94.9 cm³/mol. The van der Waals surface area contributed by atoms with Gasteiger partial charge in [-0.05, 0) is 63.7 Å². The summed E-state index contributed by atoms with van der Waals surface area (Å²) in [6.45, 7) is 9.70. The van der Waals surface area contributed by atoms with Gasteiger partial charge in [0.25, 0.3) is 0 Å². The first-order chi connectivity index (χ1) is 11.1. The summed E-state index contributed by atoms with van der Waals surface area (Å²) in [6.07, 6.45) is 3.49. The summed E-state index contributed by atoms with van der Waals surface area (Å²) >= 11 is 0. The van der Waals surface area contributed by atoms with Gasteiger partial charge in [-0.1, -0.05) is 25.1 Å². The Morgan fingerprint density at radius 1 is 1.26 bits per heavy atom. The van der Waals surface area contributed by atoms with Crippen LogP contribution in [0.25, 0.3) is 0 Å². The zero-order chi connectivity index (χ0) is 16.4. The Kier molecular flexibility index (Phi) is 4.90. The Morgan fingerprint density at radius 2 is 1.96 bits per heavy atom. The van der Waals surface area contributed by atoms with Crippen molar-refractivity contribution in [3.63, 3.8) is 0 Å². The van der Waals surface area contributed by atoms with Gasteiger partial charge < -0.3 is 5.32 Å². The quantitative estimate of drug-likeness (QED) is 0.929. The summed E-state index contributed by atoms with van der Waals surface area (Å²) in [5.74, 6) is 0.843. The highest BCUT2D eigenvalue weighted by molar-refractivity contribution is 5.94. The van der Waals surface area contributed by atoms with E-state index in [0.717, 1.165) is 37.7 Å². The third-order valence-electron chi connectivity index (χ3n) is 5.42. The number of para-hydroxylation sites is 1. The van der Waals surface area contributed by atoms with Crippen LogP contribution in [0.15, 0.2) is 24.3 Å². The minimum absolute atomic E-state index is 0.0414. The number of urea groups is 1. The van der Waals surface area contributed by atoms with E-state index in [2.05, 4.69) is 37.1 Å². The normalized spacial score (nSPS) is 23.6. The average molecular weight is 315 g/mol. The van der Waals surface area contributed by atoms with E-state index in [4.69, 9.17) is 0 Å². The minimum atomic E-state index is 0.0414. The molecule has 0 spiro atoms. The first-order valence-electron chi connectivity index (χ1n) is 8.95. The maximum Gasteiger partial charge on any atom is 0.322 e. The molecule has 1 aromatic rings. The fourth-order valence-corrected chi connectivity index (χ4v) is 3.79. The van der Waals surface area contributed by atoms with Gasteiger partial charge in [0.05, 0.1) is 0 Å². The smallest absolute Gasteiger partial charge is 0.322 e. The number of benzene rings is 1. The molecule has 4 nitrogen and oxygen atoms in total. The Labute approximate surface area is 139 Å². The Morgan fingerprint density at radius 3 is 2.70 bits per heavy atom. The average Bonchev–Trinajstić information content (AvgIpc) is 2.88. The highest BCUT2D eigenvalue weighted by Crippen LogP contribution is 2.31. The molecular formula is C19H29N3O. The lowest BCUT2D eigenvalue weighted by atomic mass is 9.98. The molecular weight excluding hydrogens is 286 g/mol. The van der Waals surface area contributed by atoms with Crippen LogP contribution in [-0.2, 0) is 6.42 Å². The molecule has 3 rings (SSSR count). The third kappa shape index (κ3) is 3.52. The van der Waals surface area contributed by atoms with Gasteiger partial charge >= 0.3 is 6.03 Å². The number of hydrogen-bond acceptors (Lipinski definition) is 2. The topological polar surface area (TPSA) is 35.6 Å². The van der Waals surface area contributed by atoms with Crippen LogP contribution in [0.2, 0.25) is 0 Å². The minimum Gasteiger partial charge on any atom is -0.336 e. The van der Waals surface area contributed by atoms with Crippen LogP contribution in [0.5, 0.6) is 0 Å². The monoisotopic (exact) mass is 315 g/mol. The fraction of sp³-hybridized carbons (Fsp3) is 0.632. The summed E-state index contributed by atoms with van der Waals surface area (Å²) < 4.78 is 0. The van der Waals surface area contributed by atoms with Crippen molar-refractivity contribution in [3.05, 3.63) is 29.8 Å². The zero-order valence-corrected chi connectivity index (χ0v) is 14.6. The van der Waals surface area contributed by atoms with Crippen molar-refractivity contribution < 1.29 is 4.79 Å². The molecule has 4 heteroatoms. The standard InChI is InChI=1S/C19H29N3O/c1-14-8-10-21(11-9-14)16(3)13-20-19(23)22-15(2)12-17-6-4-5-7-18(17)22/h4-7,14-16H,8-13H2,1-3H3,(H,20,23). The van der Waals surface area contributed by atoms with Crippen LogP contribution < -0.4 is 10.2 Å². The molecule has 2 unspecified atom stereocenters. The highest BCUT2D eigenvalue weighted by atomic mass is 16.2. The Balaban J connectivity index is 1.55. The van der Waals surface area contributed by atoms with Crippen LogP contribution in [0.1, 0.15) is 39.2 Å². The molecule has 0 aromatic heterocycles. The number of hydrogen-bond donors (Lipinski definition) is 1.